The molecule has 152 valence electrons. The van der Waals surface area contributed by atoms with Crippen molar-refractivity contribution in [3.8, 4) is 0 Å². The molecule has 1 amide bonds. The van der Waals surface area contributed by atoms with Crippen LogP contribution in [0.5, 0.6) is 0 Å². The predicted molar refractivity (Wildman–Crippen MR) is 111 cm³/mol. The lowest BCUT2D eigenvalue weighted by Gasteiger charge is -2.35. The second-order valence-corrected chi connectivity index (χ2v) is 7.66. The van der Waals surface area contributed by atoms with E-state index in [4.69, 9.17) is 4.42 Å². The zero-order valence-corrected chi connectivity index (χ0v) is 17.3. The maximum Gasteiger partial charge on any atom is 0.253 e. The van der Waals surface area contributed by atoms with Crippen LogP contribution in [-0.2, 0) is 6.54 Å². The zero-order valence-electron chi connectivity index (χ0n) is 17.3. The monoisotopic (exact) mass is 394 g/mol. The summed E-state index contributed by atoms with van der Waals surface area (Å²) in [5.74, 6) is 1.66. The molecule has 3 aromatic rings. The Morgan fingerprint density at radius 1 is 1.14 bits per heavy atom. The van der Waals surface area contributed by atoms with E-state index in [1.807, 2.05) is 13.0 Å². The molecule has 0 radical (unpaired) electrons. The van der Waals surface area contributed by atoms with Crippen LogP contribution in [-0.4, -0.2) is 70.9 Å². The summed E-state index contributed by atoms with van der Waals surface area (Å²) in [5, 5.41) is 0. The summed E-state index contributed by atoms with van der Waals surface area (Å²) in [5.41, 5.74) is 4.20. The maximum absolute atomic E-state index is 12.1. The number of hydrogen-bond acceptors (Lipinski definition) is 7. The first-order valence-electron chi connectivity index (χ1n) is 9.79. The molecule has 1 saturated heterocycles. The van der Waals surface area contributed by atoms with Crippen molar-refractivity contribution in [1.82, 2.24) is 24.8 Å². The van der Waals surface area contributed by atoms with Crippen molar-refractivity contribution in [3.63, 3.8) is 0 Å². The highest BCUT2D eigenvalue weighted by Crippen LogP contribution is 2.22. The summed E-state index contributed by atoms with van der Waals surface area (Å²) in [7, 11) is 3.48. The summed E-state index contributed by atoms with van der Waals surface area (Å²) in [4.78, 5) is 31.7. The first-order valence-corrected chi connectivity index (χ1v) is 9.79. The number of aryl methyl sites for hydroxylation is 1. The third-order valence-corrected chi connectivity index (χ3v) is 5.43. The molecule has 0 N–H and O–H groups in total. The van der Waals surface area contributed by atoms with E-state index in [1.165, 1.54) is 0 Å². The Hall–Kier alpha value is -3.00. The van der Waals surface area contributed by atoms with Gasteiger partial charge in [0.15, 0.2) is 5.58 Å². The smallest absolute Gasteiger partial charge is 0.253 e. The Kier molecular flexibility index (Phi) is 5.19. The van der Waals surface area contributed by atoms with Gasteiger partial charge in [-0.05, 0) is 32.0 Å². The van der Waals surface area contributed by atoms with E-state index in [0.29, 0.717) is 23.6 Å². The molecule has 0 spiro atoms. The Morgan fingerprint density at radius 2 is 1.90 bits per heavy atom. The van der Waals surface area contributed by atoms with Crippen molar-refractivity contribution in [2.24, 2.45) is 0 Å². The van der Waals surface area contributed by atoms with Crippen LogP contribution in [0, 0.1) is 13.8 Å². The van der Waals surface area contributed by atoms with Gasteiger partial charge in [-0.25, -0.2) is 15.0 Å². The quantitative estimate of drug-likeness (QED) is 0.672. The van der Waals surface area contributed by atoms with Gasteiger partial charge >= 0.3 is 0 Å². The van der Waals surface area contributed by atoms with Crippen LogP contribution in [0.2, 0.25) is 0 Å². The van der Waals surface area contributed by atoms with Crippen LogP contribution < -0.4 is 4.90 Å². The van der Waals surface area contributed by atoms with Crippen LogP contribution in [0.15, 0.2) is 28.9 Å². The van der Waals surface area contributed by atoms with E-state index in [0.717, 1.165) is 48.8 Å². The van der Waals surface area contributed by atoms with Crippen LogP contribution in [0.4, 0.5) is 5.82 Å². The topological polar surface area (TPSA) is 78.6 Å². The first kappa shape index (κ1) is 19.3. The number of carbonyl (C=O) groups is 1. The SMILES string of the molecule is Cc1ncnc(N2CCN(Cc3nc4ccc(C(=O)N(C)C)cc4o3)CC2)c1C. The van der Waals surface area contributed by atoms with Crippen LogP contribution in [0.1, 0.15) is 27.5 Å². The van der Waals surface area contributed by atoms with Gasteiger partial charge in [-0.3, -0.25) is 9.69 Å². The molecular formula is C21H26N6O2. The number of amides is 1. The number of carbonyl (C=O) groups excluding carboxylic acids is 1. The van der Waals surface area contributed by atoms with Crippen molar-refractivity contribution < 1.29 is 9.21 Å². The summed E-state index contributed by atoms with van der Waals surface area (Å²) >= 11 is 0. The van der Waals surface area contributed by atoms with Gasteiger partial charge in [-0.1, -0.05) is 0 Å². The molecule has 1 aliphatic rings. The minimum Gasteiger partial charge on any atom is -0.439 e. The summed E-state index contributed by atoms with van der Waals surface area (Å²) in [6, 6.07) is 5.41. The molecule has 0 bridgehead atoms. The van der Waals surface area contributed by atoms with Crippen molar-refractivity contribution in [1.29, 1.82) is 0 Å². The van der Waals surface area contributed by atoms with Crippen LogP contribution in [0.3, 0.4) is 0 Å². The third-order valence-electron chi connectivity index (χ3n) is 5.43. The maximum atomic E-state index is 12.1. The van der Waals surface area contributed by atoms with E-state index in [-0.39, 0.29) is 5.91 Å². The fourth-order valence-corrected chi connectivity index (χ4v) is 3.58. The standard InChI is InChI=1S/C21H26N6O2/c1-14-15(2)22-13-23-20(14)27-9-7-26(8-10-27)12-19-24-17-6-5-16(11-18(17)29-19)21(28)25(3)4/h5-6,11,13H,7-10,12H2,1-4H3. The van der Waals surface area contributed by atoms with E-state index in [2.05, 4.69) is 31.7 Å². The molecule has 2 aromatic heterocycles. The average Bonchev–Trinajstić information content (AvgIpc) is 3.11. The third kappa shape index (κ3) is 3.93. The minimum atomic E-state index is -0.0452. The second kappa shape index (κ2) is 7.79. The highest BCUT2D eigenvalue weighted by atomic mass is 16.3. The van der Waals surface area contributed by atoms with Gasteiger partial charge in [0.1, 0.15) is 17.7 Å². The van der Waals surface area contributed by atoms with Gasteiger partial charge in [-0.15, -0.1) is 0 Å². The normalized spacial score (nSPS) is 15.1. The number of fused-ring (bicyclic) bond motifs is 1. The van der Waals surface area contributed by atoms with Crippen LogP contribution in [0.25, 0.3) is 11.1 Å². The number of hydrogen-bond donors (Lipinski definition) is 0. The predicted octanol–water partition coefficient (Wildman–Crippen LogP) is 2.26. The van der Waals surface area contributed by atoms with Gasteiger partial charge in [-0.2, -0.15) is 0 Å². The van der Waals surface area contributed by atoms with Crippen LogP contribution >= 0.6 is 0 Å². The molecule has 8 heteroatoms. The molecule has 0 atom stereocenters. The lowest BCUT2D eigenvalue weighted by Crippen LogP contribution is -2.46. The largest absolute Gasteiger partial charge is 0.439 e. The summed E-state index contributed by atoms with van der Waals surface area (Å²) in [6.07, 6.45) is 1.64. The molecule has 1 fully saturated rings. The molecule has 0 aliphatic carbocycles. The molecule has 8 nitrogen and oxygen atoms in total. The number of oxazole rings is 1. The number of rotatable bonds is 4. The Balaban J connectivity index is 1.42. The zero-order chi connectivity index (χ0) is 20.5. The van der Waals surface area contributed by atoms with Crippen molar-refractivity contribution >= 4 is 22.8 Å². The van der Waals surface area contributed by atoms with Gasteiger partial charge in [0.25, 0.3) is 5.91 Å². The van der Waals surface area contributed by atoms with E-state index >= 15 is 0 Å². The number of nitrogens with zero attached hydrogens (tertiary/aromatic N) is 6. The number of piperazine rings is 1. The molecule has 1 aromatic carbocycles. The summed E-state index contributed by atoms with van der Waals surface area (Å²) < 4.78 is 5.93. The Morgan fingerprint density at radius 3 is 2.62 bits per heavy atom. The molecule has 1 aliphatic heterocycles. The Labute approximate surface area is 170 Å². The fraction of sp³-hybridized carbons (Fsp3) is 0.429. The second-order valence-electron chi connectivity index (χ2n) is 7.66. The van der Waals surface area contributed by atoms with Gasteiger partial charge in [0.2, 0.25) is 5.89 Å². The fourth-order valence-electron chi connectivity index (χ4n) is 3.58. The molecule has 29 heavy (non-hydrogen) atoms. The highest BCUT2D eigenvalue weighted by molar-refractivity contribution is 5.96. The lowest BCUT2D eigenvalue weighted by molar-refractivity contribution is 0.0827. The van der Waals surface area contributed by atoms with Crippen molar-refractivity contribution in [2.45, 2.75) is 20.4 Å². The number of anilines is 1. The molecule has 4 rings (SSSR count). The first-order chi connectivity index (χ1) is 13.9. The lowest BCUT2D eigenvalue weighted by atomic mass is 10.2. The molecule has 0 unspecified atom stereocenters. The van der Waals surface area contributed by atoms with Gasteiger partial charge < -0.3 is 14.2 Å². The summed E-state index contributed by atoms with van der Waals surface area (Å²) in [6.45, 7) is 8.36. The highest BCUT2D eigenvalue weighted by Gasteiger charge is 2.22. The van der Waals surface area contributed by atoms with E-state index < -0.39 is 0 Å². The molecular weight excluding hydrogens is 368 g/mol. The van der Waals surface area contributed by atoms with E-state index in [1.54, 1.807) is 37.5 Å². The van der Waals surface area contributed by atoms with E-state index in [9.17, 15) is 4.79 Å². The van der Waals surface area contributed by atoms with Crippen molar-refractivity contribution in [2.75, 3.05) is 45.2 Å². The Bertz CT molecular complexity index is 1040. The van der Waals surface area contributed by atoms with Gasteiger partial charge in [0, 0.05) is 57.1 Å². The number of benzene rings is 1. The van der Waals surface area contributed by atoms with Crippen molar-refractivity contribution in [3.05, 3.63) is 47.2 Å². The molecule has 0 saturated carbocycles. The number of aromatic nitrogens is 3. The average molecular weight is 394 g/mol. The molecule has 3 heterocycles. The van der Waals surface area contributed by atoms with Gasteiger partial charge in [0.05, 0.1) is 6.54 Å². The minimum absolute atomic E-state index is 0.0452.